The highest BCUT2D eigenvalue weighted by atomic mass is 35.5. The van der Waals surface area contributed by atoms with E-state index in [0.29, 0.717) is 80.9 Å². The van der Waals surface area contributed by atoms with Crippen molar-refractivity contribution in [3.8, 4) is 0 Å². The third kappa shape index (κ3) is 15.3. The number of carboxylic acids is 2. The van der Waals surface area contributed by atoms with Crippen LogP contribution in [0.15, 0.2) is 146 Å². The fourth-order valence-corrected chi connectivity index (χ4v) is 15.8. The Morgan fingerprint density at radius 1 is 0.523 bits per heavy atom. The number of aliphatic carboxylic acids is 2. The summed E-state index contributed by atoms with van der Waals surface area (Å²) in [6.45, 7) is 3.24. The number of halogens is 6. The zero-order valence-corrected chi connectivity index (χ0v) is 52.6. The maximum atomic E-state index is 15.2. The summed E-state index contributed by atoms with van der Waals surface area (Å²) in [6.07, 6.45) is -2.13. The van der Waals surface area contributed by atoms with Gasteiger partial charge in [-0.05, 0) is 146 Å². The smallest absolute Gasteiger partial charge is 0.303 e. The Kier molecular flexibility index (Phi) is 21.5. The molecule has 2 saturated heterocycles. The fraction of sp³-hybridized carbons (Fsp3) is 0.375. The standard InChI is InChI=1S/2C32H33Cl2FN2O6S/c2*1-2-24(19-36(44(41,42)25-14-15-25)27-9-4-3-8-26(27)35)37-30(20-10-12-22(33)13-11-20)31(21-6-5-7-23(34)18-21)43-28(32(37)40)16-17-29(38)39/h2*3-13,18,24-25,28,30-31H,2,14-17,19H2,1H3,(H,38,39)/t24?,28-,30+,31+;24?,28-,30-,31-/m01/s1. The summed E-state index contributed by atoms with van der Waals surface area (Å²) in [5, 5.41) is 19.4. The molecule has 2 amide bonds. The molecule has 8 atom stereocenters. The number of morpholine rings is 2. The molecule has 0 spiro atoms. The number of para-hydroxylation sites is 2. The predicted molar refractivity (Wildman–Crippen MR) is 333 cm³/mol. The molecule has 2 N–H and O–H groups in total. The lowest BCUT2D eigenvalue weighted by atomic mass is 9.89. The van der Waals surface area contributed by atoms with Crippen molar-refractivity contribution in [2.24, 2.45) is 0 Å². The first-order valence-corrected chi connectivity index (χ1v) is 33.5. The summed E-state index contributed by atoms with van der Waals surface area (Å²) in [4.78, 5) is 54.9. The van der Waals surface area contributed by atoms with Gasteiger partial charge in [0.15, 0.2) is 0 Å². The second-order valence-corrected chi connectivity index (χ2v) is 28.1. The SMILES string of the molecule is CCC(CN(c1ccccc1F)S(=O)(=O)C1CC1)N1C(=O)[C@@H](CCC(=O)O)O[C@H](c2cccc(Cl)c2)[C@H]1c1ccc(Cl)cc1.CCC(CN(c1ccccc1F)S(=O)(=O)C1CC1)N1C(=O)[C@H](CCC(=O)O)O[C@H](c2cccc(Cl)c2)[C@H]1c1ccc(Cl)cc1. The molecular weight excluding hydrogens is 1260 g/mol. The summed E-state index contributed by atoms with van der Waals surface area (Å²) in [5.74, 6) is -4.50. The number of carbonyl (C=O) groups excluding carboxylic acids is 2. The maximum Gasteiger partial charge on any atom is 0.303 e. The van der Waals surface area contributed by atoms with Crippen LogP contribution in [0.3, 0.4) is 0 Å². The molecule has 2 aliphatic carbocycles. The van der Waals surface area contributed by atoms with Gasteiger partial charge >= 0.3 is 11.9 Å². The normalized spacial score (nSPS) is 21.2. The number of amides is 2. The number of sulfonamides is 2. The molecule has 0 bridgehead atoms. The average molecular weight is 1330 g/mol. The second-order valence-electron chi connectivity index (χ2n) is 22.1. The van der Waals surface area contributed by atoms with Crippen LogP contribution in [0, 0.1) is 11.6 Å². The van der Waals surface area contributed by atoms with Gasteiger partial charge in [0, 0.05) is 32.9 Å². The number of carbonyl (C=O) groups is 4. The largest absolute Gasteiger partial charge is 0.481 e. The number of benzene rings is 6. The van der Waals surface area contributed by atoms with Crippen LogP contribution in [0.1, 0.15) is 125 Å². The van der Waals surface area contributed by atoms with Crippen molar-refractivity contribution in [3.63, 3.8) is 0 Å². The first kappa shape index (κ1) is 66.1. The topological polar surface area (TPSA) is 208 Å². The maximum absolute atomic E-state index is 15.2. The Hall–Kier alpha value is -6.36. The Morgan fingerprint density at radius 2 is 0.875 bits per heavy atom. The van der Waals surface area contributed by atoms with Gasteiger partial charge in [-0.15, -0.1) is 0 Å². The van der Waals surface area contributed by atoms with E-state index < -0.39 is 115 Å². The Labute approximate surface area is 530 Å². The molecule has 6 aromatic carbocycles. The minimum Gasteiger partial charge on any atom is -0.481 e. The van der Waals surface area contributed by atoms with Gasteiger partial charge in [0.25, 0.3) is 11.8 Å². The van der Waals surface area contributed by atoms with Gasteiger partial charge in [-0.1, -0.05) is 133 Å². The zero-order valence-electron chi connectivity index (χ0n) is 48.0. The van der Waals surface area contributed by atoms with Gasteiger partial charge in [0.1, 0.15) is 36.1 Å². The average Bonchev–Trinajstić information content (AvgIpc) is 2.18. The van der Waals surface area contributed by atoms with Crippen LogP contribution in [-0.2, 0) is 48.7 Å². The predicted octanol–water partition coefficient (Wildman–Crippen LogP) is 13.6. The van der Waals surface area contributed by atoms with Crippen LogP contribution in [-0.4, -0.2) is 108 Å². The van der Waals surface area contributed by atoms with Gasteiger partial charge in [-0.3, -0.25) is 27.8 Å². The summed E-state index contributed by atoms with van der Waals surface area (Å²) in [7, 11) is -7.89. The lowest BCUT2D eigenvalue weighted by molar-refractivity contribution is -0.181. The van der Waals surface area contributed by atoms with Crippen LogP contribution < -0.4 is 8.61 Å². The van der Waals surface area contributed by atoms with E-state index in [1.807, 2.05) is 26.0 Å². The molecule has 4 aliphatic rings. The summed E-state index contributed by atoms with van der Waals surface area (Å²) in [5.41, 5.74) is 2.48. The second kappa shape index (κ2) is 28.6. The van der Waals surface area contributed by atoms with Gasteiger partial charge in [-0.25, -0.2) is 25.6 Å². The summed E-state index contributed by atoms with van der Waals surface area (Å²) >= 11 is 25.2. The molecule has 0 aromatic heterocycles. The van der Waals surface area contributed by atoms with Crippen molar-refractivity contribution in [2.75, 3.05) is 21.7 Å². The van der Waals surface area contributed by atoms with Gasteiger partial charge in [-0.2, -0.15) is 0 Å². The third-order valence-electron chi connectivity index (χ3n) is 16.1. The molecule has 2 saturated carbocycles. The number of carboxylic acid groups (broad SMARTS) is 2. The number of ether oxygens (including phenoxy) is 2. The summed E-state index contributed by atoms with van der Waals surface area (Å²) in [6, 6.07) is 36.2. The minimum atomic E-state index is -3.95. The van der Waals surface area contributed by atoms with E-state index in [1.54, 1.807) is 107 Å². The Balaban J connectivity index is 0.000000209. The van der Waals surface area contributed by atoms with Crippen molar-refractivity contribution >= 4 is 102 Å². The number of hydrogen-bond acceptors (Lipinski definition) is 10. The van der Waals surface area contributed by atoms with E-state index in [0.717, 1.165) is 8.61 Å². The van der Waals surface area contributed by atoms with Gasteiger partial charge < -0.3 is 29.5 Å². The van der Waals surface area contributed by atoms with Crippen LogP contribution in [0.25, 0.3) is 0 Å². The number of nitrogens with zero attached hydrogens (tertiary/aromatic N) is 4. The molecule has 10 rings (SSSR count). The first-order chi connectivity index (χ1) is 42.0. The first-order valence-electron chi connectivity index (χ1n) is 28.9. The molecule has 6 aromatic rings. The quantitative estimate of drug-likeness (QED) is 0.0580. The van der Waals surface area contributed by atoms with Crippen molar-refractivity contribution in [1.29, 1.82) is 0 Å². The highest BCUT2D eigenvalue weighted by Gasteiger charge is 2.51. The van der Waals surface area contributed by atoms with Crippen LogP contribution in [0.4, 0.5) is 20.2 Å². The molecule has 4 fully saturated rings. The highest BCUT2D eigenvalue weighted by Crippen LogP contribution is 2.48. The van der Waals surface area contributed by atoms with Crippen molar-refractivity contribution in [3.05, 3.63) is 200 Å². The van der Waals surface area contributed by atoms with Gasteiger partial charge in [0.2, 0.25) is 20.0 Å². The molecule has 2 aliphatic heterocycles. The van der Waals surface area contributed by atoms with E-state index in [2.05, 4.69) is 0 Å². The molecular formula is C64H66Cl4F2N4O12S2. The van der Waals surface area contributed by atoms with E-state index in [1.165, 1.54) is 36.4 Å². The lowest BCUT2D eigenvalue weighted by Crippen LogP contribution is -2.58. The molecule has 2 unspecified atom stereocenters. The molecule has 24 heteroatoms. The number of anilines is 2. The molecule has 88 heavy (non-hydrogen) atoms. The fourth-order valence-electron chi connectivity index (χ4n) is 11.4. The van der Waals surface area contributed by atoms with Gasteiger partial charge in [0.05, 0.1) is 59.1 Å². The highest BCUT2D eigenvalue weighted by molar-refractivity contribution is 7.94. The number of hydrogen-bond donors (Lipinski definition) is 2. The van der Waals surface area contributed by atoms with Crippen molar-refractivity contribution in [2.45, 2.75) is 137 Å². The number of rotatable bonds is 24. The van der Waals surface area contributed by atoms with Crippen molar-refractivity contribution < 1.29 is 64.5 Å². The van der Waals surface area contributed by atoms with Crippen molar-refractivity contribution in [1.82, 2.24) is 9.80 Å². The third-order valence-corrected chi connectivity index (χ3v) is 21.6. The van der Waals surface area contributed by atoms with E-state index in [-0.39, 0.29) is 50.1 Å². The van der Waals surface area contributed by atoms with Crippen LogP contribution in [0.2, 0.25) is 20.1 Å². The van der Waals surface area contributed by atoms with E-state index in [4.69, 9.17) is 55.9 Å². The monoisotopic (exact) mass is 1320 g/mol. The van der Waals surface area contributed by atoms with Crippen LogP contribution >= 0.6 is 46.4 Å². The Bertz CT molecular complexity index is 3480. The van der Waals surface area contributed by atoms with Crippen LogP contribution in [0.5, 0.6) is 0 Å². The molecule has 468 valence electrons. The Morgan fingerprint density at radius 3 is 1.18 bits per heavy atom. The molecule has 2 heterocycles. The van der Waals surface area contributed by atoms with E-state index in [9.17, 15) is 46.2 Å². The zero-order chi connectivity index (χ0) is 63.2. The molecule has 0 radical (unpaired) electrons. The lowest BCUT2D eigenvalue weighted by Gasteiger charge is -2.49. The minimum absolute atomic E-state index is 0.0876. The molecule has 16 nitrogen and oxygen atoms in total. The summed E-state index contributed by atoms with van der Waals surface area (Å²) < 4.78 is 100. The van der Waals surface area contributed by atoms with E-state index >= 15 is 8.78 Å².